The monoisotopic (exact) mass is 362 g/mol. The van der Waals surface area contributed by atoms with Gasteiger partial charge in [0, 0.05) is 12.8 Å². The largest absolute Gasteiger partial charge is 0.422 e. The Kier molecular flexibility index (Phi) is 6.95. The van der Waals surface area contributed by atoms with Gasteiger partial charge in [0.1, 0.15) is 11.6 Å². The van der Waals surface area contributed by atoms with E-state index in [-0.39, 0.29) is 0 Å². The van der Waals surface area contributed by atoms with Crippen molar-refractivity contribution >= 4 is 29.6 Å². The van der Waals surface area contributed by atoms with Crippen LogP contribution >= 0.6 is 18.1 Å². The summed E-state index contributed by atoms with van der Waals surface area (Å²) in [5.41, 5.74) is 0.827. The number of amidine groups is 1. The zero-order valence-corrected chi connectivity index (χ0v) is 16.0. The van der Waals surface area contributed by atoms with Gasteiger partial charge in [0.25, 0.3) is 0 Å². The molecule has 0 spiro atoms. The Morgan fingerprint density at radius 3 is 2.29 bits per heavy atom. The minimum Gasteiger partial charge on any atom is -0.422 e. The molecule has 128 valence electrons. The van der Waals surface area contributed by atoms with E-state index in [4.69, 9.17) is 4.52 Å². The topological polar surface area (TPSA) is 41.9 Å². The summed E-state index contributed by atoms with van der Waals surface area (Å²) in [7, 11) is 1.77. The lowest BCUT2D eigenvalue weighted by Gasteiger charge is -2.28. The van der Waals surface area contributed by atoms with Crippen LogP contribution in [0.1, 0.15) is 20.3 Å². The van der Waals surface area contributed by atoms with Crippen LogP contribution < -0.4 is 4.52 Å². The van der Waals surface area contributed by atoms with Gasteiger partial charge in [0.2, 0.25) is 0 Å². The lowest BCUT2D eigenvalue weighted by molar-refractivity contribution is 0.459. The molecule has 2 aromatic rings. The molecule has 0 aliphatic rings. The summed E-state index contributed by atoms with van der Waals surface area (Å²) in [6.07, 6.45) is 0.926. The fourth-order valence-electron chi connectivity index (χ4n) is 1.93. The fourth-order valence-corrected chi connectivity index (χ4v) is 6.01. The number of para-hydroxylation sites is 2. The highest BCUT2D eigenvalue weighted by atomic mass is 32.7. The van der Waals surface area contributed by atoms with Gasteiger partial charge in [-0.1, -0.05) is 43.3 Å². The van der Waals surface area contributed by atoms with Crippen LogP contribution in [0.5, 0.6) is 5.75 Å². The number of rotatable bonds is 7. The molecular weight excluding hydrogens is 339 g/mol. The van der Waals surface area contributed by atoms with Crippen LogP contribution in [0, 0.1) is 0 Å². The molecule has 1 atom stereocenters. The van der Waals surface area contributed by atoms with Crippen LogP contribution in [0.3, 0.4) is 0 Å². The summed E-state index contributed by atoms with van der Waals surface area (Å²) in [5.74, 6) is 2.01. The molecule has 2 aromatic carbocycles. The van der Waals surface area contributed by atoms with Crippen LogP contribution in [0.4, 0.5) is 5.69 Å². The van der Waals surface area contributed by atoms with Crippen LogP contribution in [-0.4, -0.2) is 23.3 Å². The maximum absolute atomic E-state index is 13.5. The summed E-state index contributed by atoms with van der Waals surface area (Å²) in [6.45, 7) is 0.785. The van der Waals surface area contributed by atoms with Gasteiger partial charge in [-0.05, 0) is 49.0 Å². The summed E-state index contributed by atoms with van der Waals surface area (Å²) in [6, 6.07) is 18.9. The highest BCUT2D eigenvalue weighted by Gasteiger charge is 2.32. The van der Waals surface area contributed by atoms with Crippen molar-refractivity contribution < 1.29 is 9.09 Å². The molecule has 0 aromatic heterocycles. The first kappa shape index (κ1) is 18.6. The molecule has 0 aliphatic heterocycles. The van der Waals surface area contributed by atoms with Crippen molar-refractivity contribution in [1.29, 1.82) is 0 Å². The Morgan fingerprint density at radius 1 is 1.12 bits per heavy atom. The maximum atomic E-state index is 13.5. The van der Waals surface area contributed by atoms with E-state index < -0.39 is 6.72 Å². The molecule has 0 fully saturated rings. The van der Waals surface area contributed by atoms with Gasteiger partial charge >= 0.3 is 6.72 Å². The van der Waals surface area contributed by atoms with Crippen LogP contribution in [-0.2, 0) is 4.57 Å². The molecule has 0 bridgehead atoms. The van der Waals surface area contributed by atoms with E-state index in [9.17, 15) is 4.57 Å². The lowest BCUT2D eigenvalue weighted by atomic mass is 10.3. The molecule has 0 radical (unpaired) electrons. The molecule has 6 heteroatoms. The van der Waals surface area contributed by atoms with Crippen molar-refractivity contribution in [2.45, 2.75) is 20.3 Å². The highest BCUT2D eigenvalue weighted by molar-refractivity contribution is 8.56. The Hall–Kier alpha value is -1.71. The van der Waals surface area contributed by atoms with Gasteiger partial charge < -0.3 is 4.52 Å². The molecular formula is C18H23N2O2PS. The molecule has 4 nitrogen and oxygen atoms in total. The quantitative estimate of drug-likeness (QED) is 0.344. The lowest BCUT2D eigenvalue weighted by Crippen LogP contribution is -2.22. The Morgan fingerprint density at radius 2 is 1.71 bits per heavy atom. The first-order chi connectivity index (χ1) is 11.5. The molecule has 0 heterocycles. The number of hydrogen-bond donors (Lipinski definition) is 0. The van der Waals surface area contributed by atoms with Crippen molar-refractivity contribution in [2.75, 3.05) is 12.8 Å². The van der Waals surface area contributed by atoms with Crippen LogP contribution in [0.15, 0.2) is 65.7 Å². The molecule has 0 N–H and O–H groups in total. The van der Waals surface area contributed by atoms with Gasteiger partial charge in [0.05, 0.1) is 5.69 Å². The molecule has 1 unspecified atom stereocenters. The van der Waals surface area contributed by atoms with Gasteiger partial charge in [-0.25, -0.2) is 9.56 Å². The number of hydrogen-bond acceptors (Lipinski definition) is 4. The predicted octanol–water partition coefficient (Wildman–Crippen LogP) is 6.00. The second-order valence-electron chi connectivity index (χ2n) is 5.22. The Balaban J connectivity index is 2.25. The summed E-state index contributed by atoms with van der Waals surface area (Å²) >= 11 is 1.34. The van der Waals surface area contributed by atoms with E-state index in [0.717, 1.165) is 17.9 Å². The predicted molar refractivity (Wildman–Crippen MR) is 104 cm³/mol. The average molecular weight is 362 g/mol. The molecule has 0 aliphatic carbocycles. The van der Waals surface area contributed by atoms with Gasteiger partial charge in [-0.2, -0.15) is 0 Å². The standard InChI is InChI=1S/C18H23N2O2PS/c1-4-15-24-23(21,22-18-13-9-6-10-14-18)20(3)16(2)19-17-11-7-5-8-12-17/h5-14H,4,15H2,1-3H3. The third-order valence-corrected chi connectivity index (χ3v) is 8.17. The summed E-state index contributed by atoms with van der Waals surface area (Å²) < 4.78 is 21.0. The first-order valence-electron chi connectivity index (χ1n) is 7.89. The summed E-state index contributed by atoms with van der Waals surface area (Å²) in [4.78, 5) is 4.55. The molecule has 0 saturated heterocycles. The van der Waals surface area contributed by atoms with E-state index in [1.165, 1.54) is 11.4 Å². The first-order valence-corrected chi connectivity index (χ1v) is 11.1. The van der Waals surface area contributed by atoms with Crippen LogP contribution in [0.2, 0.25) is 0 Å². The van der Waals surface area contributed by atoms with E-state index in [0.29, 0.717) is 11.6 Å². The second kappa shape index (κ2) is 8.95. The third-order valence-electron chi connectivity index (χ3n) is 3.31. The van der Waals surface area contributed by atoms with Crippen molar-refractivity contribution in [3.05, 3.63) is 60.7 Å². The average Bonchev–Trinajstić information content (AvgIpc) is 2.61. The van der Waals surface area contributed by atoms with Crippen molar-refractivity contribution in [3.63, 3.8) is 0 Å². The Labute approximate surface area is 148 Å². The number of aliphatic imine (C=N–C) groups is 1. The molecule has 0 amide bonds. The molecule has 24 heavy (non-hydrogen) atoms. The number of benzene rings is 2. The normalized spacial score (nSPS) is 14.0. The van der Waals surface area contributed by atoms with Crippen molar-refractivity contribution in [1.82, 2.24) is 4.67 Å². The minimum absolute atomic E-state index is 0.601. The van der Waals surface area contributed by atoms with Gasteiger partial charge in [-0.15, -0.1) is 0 Å². The zero-order valence-electron chi connectivity index (χ0n) is 14.3. The van der Waals surface area contributed by atoms with E-state index >= 15 is 0 Å². The third kappa shape index (κ3) is 5.15. The van der Waals surface area contributed by atoms with Crippen LogP contribution in [0.25, 0.3) is 0 Å². The summed E-state index contributed by atoms with van der Waals surface area (Å²) in [5, 5.41) is 0. The van der Waals surface area contributed by atoms with Crippen molar-refractivity contribution in [3.8, 4) is 5.75 Å². The number of nitrogens with zero attached hydrogens (tertiary/aromatic N) is 2. The minimum atomic E-state index is -3.12. The van der Waals surface area contributed by atoms with Gasteiger partial charge in [-0.3, -0.25) is 4.67 Å². The maximum Gasteiger partial charge on any atom is 0.403 e. The SMILES string of the molecule is CCCSP(=O)(Oc1ccccc1)N(C)C(C)=Nc1ccccc1. The van der Waals surface area contributed by atoms with E-state index in [1.807, 2.05) is 67.6 Å². The Bertz CT molecular complexity index is 707. The molecule has 0 saturated carbocycles. The smallest absolute Gasteiger partial charge is 0.403 e. The van der Waals surface area contributed by atoms with E-state index in [2.05, 4.69) is 11.9 Å². The highest BCUT2D eigenvalue weighted by Crippen LogP contribution is 2.61. The van der Waals surface area contributed by atoms with Crippen molar-refractivity contribution in [2.24, 2.45) is 4.99 Å². The molecule has 2 rings (SSSR count). The van der Waals surface area contributed by atoms with E-state index in [1.54, 1.807) is 11.7 Å². The second-order valence-corrected chi connectivity index (χ2v) is 9.77. The fraction of sp³-hybridized carbons (Fsp3) is 0.278. The zero-order chi connectivity index (χ0) is 17.4. The van der Waals surface area contributed by atoms with Gasteiger partial charge in [0.15, 0.2) is 0 Å².